The topological polar surface area (TPSA) is 116 Å². The van der Waals surface area contributed by atoms with E-state index >= 15 is 0 Å². The van der Waals surface area contributed by atoms with E-state index in [2.05, 4.69) is 0 Å². The van der Waals surface area contributed by atoms with Crippen LogP contribution in [0.5, 0.6) is 0 Å². The van der Waals surface area contributed by atoms with Gasteiger partial charge in [0, 0.05) is 7.05 Å². The third-order valence-electron chi connectivity index (χ3n) is 1.26. The summed E-state index contributed by atoms with van der Waals surface area (Å²) in [6.07, 6.45) is 0. The van der Waals surface area contributed by atoms with Gasteiger partial charge in [0.1, 0.15) is 6.54 Å². The minimum Gasteiger partial charge on any atom is -0.368 e. The van der Waals surface area contributed by atoms with Gasteiger partial charge in [-0.25, -0.2) is 0 Å². The number of rotatable bonds is 3. The molecule has 0 heterocycles. The number of nitrogens with two attached hydrogens (primary N) is 1. The zero-order valence-corrected chi connectivity index (χ0v) is 7.61. The van der Waals surface area contributed by atoms with Gasteiger partial charge in [-0.3, -0.25) is 14.4 Å². The molecule has 7 heteroatoms. The first kappa shape index (κ1) is 11.9. The van der Waals surface area contributed by atoms with Crippen molar-refractivity contribution < 1.29 is 14.4 Å². The molecule has 76 valence electrons. The van der Waals surface area contributed by atoms with Gasteiger partial charge < -0.3 is 16.0 Å². The molecule has 0 aromatic heterocycles. The quantitative estimate of drug-likeness (QED) is 0.387. The van der Waals surface area contributed by atoms with Gasteiger partial charge >= 0.3 is 11.8 Å². The van der Waals surface area contributed by atoms with E-state index in [4.69, 9.17) is 11.0 Å². The second-order valence-corrected chi connectivity index (χ2v) is 2.47. The Morgan fingerprint density at radius 2 is 2.07 bits per heavy atom. The van der Waals surface area contributed by atoms with Crippen LogP contribution in [-0.2, 0) is 14.4 Å². The number of nitrogens with one attached hydrogen (secondary N) is 1. The maximum absolute atomic E-state index is 11.1. The van der Waals surface area contributed by atoms with E-state index in [0.29, 0.717) is 0 Å². The van der Waals surface area contributed by atoms with Crippen LogP contribution < -0.4 is 11.1 Å². The van der Waals surface area contributed by atoms with E-state index < -0.39 is 17.7 Å². The molecule has 0 aliphatic carbocycles. The molecule has 0 aliphatic heterocycles. The Bertz CT molecular complexity index is 294. The molecule has 7 nitrogen and oxygen atoms in total. The summed E-state index contributed by atoms with van der Waals surface area (Å²) in [4.78, 5) is 33.3. The molecule has 0 atom stereocenters. The second-order valence-electron chi connectivity index (χ2n) is 2.47. The molecule has 14 heavy (non-hydrogen) atoms. The van der Waals surface area contributed by atoms with Crippen molar-refractivity contribution in [2.45, 2.75) is 0 Å². The zero-order chi connectivity index (χ0) is 11.1. The van der Waals surface area contributed by atoms with Gasteiger partial charge in [0.05, 0.1) is 12.6 Å². The summed E-state index contributed by atoms with van der Waals surface area (Å²) < 4.78 is 0. The number of primary amides is 1. The standard InChI is InChI=1S/C7H10N4O3/c1-11(4-5(9)12)7(14)6(13)10-3-2-8/h3-4H2,1H3,(H2,9,12)(H,10,13). The smallest absolute Gasteiger partial charge is 0.312 e. The molecule has 0 unspecified atom stereocenters. The molecule has 0 spiro atoms. The maximum Gasteiger partial charge on any atom is 0.312 e. The summed E-state index contributed by atoms with van der Waals surface area (Å²) in [6, 6.07) is 1.64. The number of carbonyl (C=O) groups excluding carboxylic acids is 3. The van der Waals surface area contributed by atoms with Crippen molar-refractivity contribution in [2.24, 2.45) is 5.73 Å². The SMILES string of the molecule is CN(CC(N)=O)C(=O)C(=O)NCC#N. The Kier molecular flexibility index (Phi) is 4.70. The molecule has 0 fully saturated rings. The summed E-state index contributed by atoms with van der Waals surface area (Å²) in [5.74, 6) is -2.55. The molecule has 3 amide bonds. The lowest BCUT2D eigenvalue weighted by molar-refractivity contribution is -0.145. The van der Waals surface area contributed by atoms with E-state index in [0.717, 1.165) is 4.90 Å². The Morgan fingerprint density at radius 1 is 1.50 bits per heavy atom. The molecule has 0 aliphatic rings. The largest absolute Gasteiger partial charge is 0.368 e. The second kappa shape index (κ2) is 5.53. The van der Waals surface area contributed by atoms with Gasteiger partial charge in [-0.2, -0.15) is 5.26 Å². The highest BCUT2D eigenvalue weighted by atomic mass is 16.2. The van der Waals surface area contributed by atoms with Crippen molar-refractivity contribution in [3.63, 3.8) is 0 Å². The van der Waals surface area contributed by atoms with Gasteiger partial charge in [-0.15, -0.1) is 0 Å². The monoisotopic (exact) mass is 198 g/mol. The molecule has 0 aromatic rings. The van der Waals surface area contributed by atoms with Crippen LogP contribution in [-0.4, -0.2) is 42.8 Å². The third kappa shape index (κ3) is 4.06. The molecule has 3 N–H and O–H groups in total. The lowest BCUT2D eigenvalue weighted by Gasteiger charge is -2.13. The highest BCUT2D eigenvalue weighted by Crippen LogP contribution is 1.83. The third-order valence-corrected chi connectivity index (χ3v) is 1.26. The minimum atomic E-state index is -0.935. The highest BCUT2D eigenvalue weighted by Gasteiger charge is 2.18. The van der Waals surface area contributed by atoms with Gasteiger partial charge in [0.25, 0.3) is 0 Å². The summed E-state index contributed by atoms with van der Waals surface area (Å²) >= 11 is 0. The molecule has 0 aromatic carbocycles. The summed E-state index contributed by atoms with van der Waals surface area (Å²) in [7, 11) is 1.26. The van der Waals surface area contributed by atoms with Crippen molar-refractivity contribution >= 4 is 17.7 Å². The number of nitrogens with zero attached hydrogens (tertiary/aromatic N) is 2. The lowest BCUT2D eigenvalue weighted by atomic mass is 10.4. The van der Waals surface area contributed by atoms with Crippen molar-refractivity contribution in [1.82, 2.24) is 10.2 Å². The van der Waals surface area contributed by atoms with Crippen LogP contribution in [0.1, 0.15) is 0 Å². The molecular formula is C7H10N4O3. The Balaban J connectivity index is 4.12. The molecule has 0 saturated heterocycles. The van der Waals surface area contributed by atoms with Crippen LogP contribution in [0.15, 0.2) is 0 Å². The number of nitriles is 1. The van der Waals surface area contributed by atoms with Crippen LogP contribution >= 0.6 is 0 Å². The van der Waals surface area contributed by atoms with E-state index in [1.54, 1.807) is 6.07 Å². The van der Waals surface area contributed by atoms with E-state index in [-0.39, 0.29) is 13.1 Å². The average molecular weight is 198 g/mol. The normalized spacial score (nSPS) is 8.57. The van der Waals surface area contributed by atoms with Gasteiger partial charge in [0.15, 0.2) is 0 Å². The maximum atomic E-state index is 11.1. The van der Waals surface area contributed by atoms with Gasteiger partial charge in [-0.05, 0) is 0 Å². The fourth-order valence-corrected chi connectivity index (χ4v) is 0.674. The van der Waals surface area contributed by atoms with Crippen molar-refractivity contribution in [3.8, 4) is 6.07 Å². The molecule has 0 radical (unpaired) electrons. The number of amides is 3. The Labute approximate surface area is 80.5 Å². The summed E-state index contributed by atoms with van der Waals surface area (Å²) in [5.41, 5.74) is 4.81. The van der Waals surface area contributed by atoms with Crippen LogP contribution in [0.25, 0.3) is 0 Å². The van der Waals surface area contributed by atoms with Crippen molar-refractivity contribution in [1.29, 1.82) is 5.26 Å². The van der Waals surface area contributed by atoms with Crippen molar-refractivity contribution in [2.75, 3.05) is 20.1 Å². The first-order chi connectivity index (χ1) is 6.49. The fourth-order valence-electron chi connectivity index (χ4n) is 0.674. The number of carbonyl (C=O) groups is 3. The highest BCUT2D eigenvalue weighted by molar-refractivity contribution is 6.35. The minimum absolute atomic E-state index is 0.255. The van der Waals surface area contributed by atoms with Gasteiger partial charge in [-0.1, -0.05) is 0 Å². The van der Waals surface area contributed by atoms with Crippen LogP contribution in [0, 0.1) is 11.3 Å². The Hall–Kier alpha value is -2.10. The van der Waals surface area contributed by atoms with E-state index in [1.165, 1.54) is 7.05 Å². The molecule has 0 bridgehead atoms. The van der Waals surface area contributed by atoms with Crippen molar-refractivity contribution in [3.05, 3.63) is 0 Å². The van der Waals surface area contributed by atoms with E-state index in [9.17, 15) is 14.4 Å². The first-order valence-corrected chi connectivity index (χ1v) is 3.67. The zero-order valence-electron chi connectivity index (χ0n) is 7.61. The number of likely N-dealkylation sites (N-methyl/N-ethyl adjacent to an activating group) is 1. The van der Waals surface area contributed by atoms with Crippen LogP contribution in [0.3, 0.4) is 0 Å². The number of hydrogen-bond acceptors (Lipinski definition) is 4. The number of hydrogen-bond donors (Lipinski definition) is 2. The predicted molar refractivity (Wildman–Crippen MR) is 45.5 cm³/mol. The van der Waals surface area contributed by atoms with Gasteiger partial charge in [0.2, 0.25) is 5.91 Å². The first-order valence-electron chi connectivity index (χ1n) is 3.67. The molecule has 0 saturated carbocycles. The van der Waals surface area contributed by atoms with Crippen LogP contribution in [0.2, 0.25) is 0 Å². The summed E-state index contributed by atoms with van der Waals surface area (Å²) in [6.45, 7) is -0.589. The average Bonchev–Trinajstić information content (AvgIpc) is 2.11. The lowest BCUT2D eigenvalue weighted by Crippen LogP contribution is -2.44. The predicted octanol–water partition coefficient (Wildman–Crippen LogP) is -2.43. The summed E-state index contributed by atoms with van der Waals surface area (Å²) in [5, 5.41) is 10.2. The molecular weight excluding hydrogens is 188 g/mol. The van der Waals surface area contributed by atoms with E-state index in [1.807, 2.05) is 5.32 Å². The fraction of sp³-hybridized carbons (Fsp3) is 0.429. The van der Waals surface area contributed by atoms with Crippen LogP contribution in [0.4, 0.5) is 0 Å². The molecule has 0 rings (SSSR count). The Morgan fingerprint density at radius 3 is 2.50 bits per heavy atom.